The van der Waals surface area contributed by atoms with Gasteiger partial charge in [-0.25, -0.2) is 9.37 Å². The molecule has 2 amide bonds. The van der Waals surface area contributed by atoms with E-state index in [1.54, 1.807) is 0 Å². The molecule has 2 aliphatic heterocycles. The summed E-state index contributed by atoms with van der Waals surface area (Å²) in [4.78, 5) is 35.5. The van der Waals surface area contributed by atoms with Crippen LogP contribution in [-0.2, 0) is 4.79 Å². The van der Waals surface area contributed by atoms with E-state index in [0.717, 1.165) is 67.8 Å². The molecule has 5 rings (SSSR count). The third-order valence-corrected chi connectivity index (χ3v) is 6.84. The lowest BCUT2D eigenvalue weighted by molar-refractivity contribution is -0.127. The number of anilines is 2. The molecule has 0 unspecified atom stereocenters. The Morgan fingerprint density at radius 3 is 2.49 bits per heavy atom. The maximum absolute atomic E-state index is 13.3. The van der Waals surface area contributed by atoms with Crippen molar-refractivity contribution in [1.29, 1.82) is 0 Å². The molecule has 182 valence electrons. The molecule has 35 heavy (non-hydrogen) atoms. The van der Waals surface area contributed by atoms with E-state index in [4.69, 9.17) is 0 Å². The Balaban J connectivity index is 1.23. The molecule has 1 aromatic heterocycles. The van der Waals surface area contributed by atoms with E-state index in [2.05, 4.69) is 20.1 Å². The molecule has 2 aromatic carbocycles. The number of hydrogen-bond acceptors (Lipinski definition) is 5. The number of nitrogens with one attached hydrogen (secondary N) is 1. The predicted octanol–water partition coefficient (Wildman–Crippen LogP) is 3.44. The highest BCUT2D eigenvalue weighted by Gasteiger charge is 2.21. The van der Waals surface area contributed by atoms with E-state index in [0.29, 0.717) is 25.1 Å². The van der Waals surface area contributed by atoms with E-state index < -0.39 is 0 Å². The Kier molecular flexibility index (Phi) is 6.79. The number of carbonyl (C=O) groups is 2. The molecule has 0 bridgehead atoms. The maximum Gasteiger partial charge on any atom is 0.251 e. The van der Waals surface area contributed by atoms with Crippen LogP contribution in [0.5, 0.6) is 0 Å². The summed E-state index contributed by atoms with van der Waals surface area (Å²) in [6, 6.07) is 14.3. The van der Waals surface area contributed by atoms with Gasteiger partial charge in [0.25, 0.3) is 5.91 Å². The number of benzene rings is 2. The van der Waals surface area contributed by atoms with Crippen LogP contribution in [-0.4, -0.2) is 67.5 Å². The lowest BCUT2D eigenvalue weighted by Crippen LogP contribution is -2.46. The number of fused-ring (bicyclic) bond motifs is 1. The Morgan fingerprint density at radius 2 is 1.74 bits per heavy atom. The van der Waals surface area contributed by atoms with Crippen molar-refractivity contribution >= 4 is 34.1 Å². The molecule has 0 radical (unpaired) electrons. The molecule has 3 aromatic rings. The van der Waals surface area contributed by atoms with Crippen LogP contribution in [0, 0.1) is 5.82 Å². The van der Waals surface area contributed by atoms with Gasteiger partial charge in [-0.05, 0) is 60.7 Å². The van der Waals surface area contributed by atoms with Crippen LogP contribution < -0.4 is 15.1 Å². The zero-order valence-corrected chi connectivity index (χ0v) is 19.8. The van der Waals surface area contributed by atoms with Crippen LogP contribution in [0.2, 0.25) is 0 Å². The monoisotopic (exact) mass is 475 g/mol. The first-order valence-corrected chi connectivity index (χ1v) is 12.3. The quantitative estimate of drug-likeness (QED) is 0.530. The lowest BCUT2D eigenvalue weighted by Gasteiger charge is -2.37. The minimum atomic E-state index is -0.228. The van der Waals surface area contributed by atoms with Crippen molar-refractivity contribution in [2.45, 2.75) is 19.3 Å². The van der Waals surface area contributed by atoms with Crippen molar-refractivity contribution in [3.63, 3.8) is 0 Å². The van der Waals surface area contributed by atoms with Crippen LogP contribution in [0.1, 0.15) is 29.6 Å². The number of aromatic nitrogens is 1. The standard InChI is InChI=1S/C27H30FN5O2/c28-22-6-8-23(9-7-22)31-15-17-33(18-16-31)26-24-19-21(5-4-20(24)10-12-29-26)27(35)30-11-2-14-32-13-1-3-25(32)34/h4-10,12,19H,1-3,11,13-18H2,(H,30,35). The van der Waals surface area contributed by atoms with E-state index in [1.807, 2.05) is 47.5 Å². The molecule has 0 spiro atoms. The minimum Gasteiger partial charge on any atom is -0.368 e. The molecule has 2 aliphatic rings. The maximum atomic E-state index is 13.3. The molecule has 1 N–H and O–H groups in total. The van der Waals surface area contributed by atoms with Gasteiger partial charge >= 0.3 is 0 Å². The number of amides is 2. The van der Waals surface area contributed by atoms with Gasteiger partial charge in [-0.2, -0.15) is 0 Å². The van der Waals surface area contributed by atoms with Crippen molar-refractivity contribution in [3.8, 4) is 0 Å². The summed E-state index contributed by atoms with van der Waals surface area (Å²) in [7, 11) is 0. The highest BCUT2D eigenvalue weighted by molar-refractivity contribution is 6.01. The molecule has 0 atom stereocenters. The first-order chi connectivity index (χ1) is 17.1. The predicted molar refractivity (Wildman–Crippen MR) is 135 cm³/mol. The summed E-state index contributed by atoms with van der Waals surface area (Å²) in [5.74, 6) is 0.747. The number of pyridine rings is 1. The van der Waals surface area contributed by atoms with Gasteiger partial charge in [-0.1, -0.05) is 6.07 Å². The smallest absolute Gasteiger partial charge is 0.251 e. The van der Waals surface area contributed by atoms with Gasteiger partial charge in [0.05, 0.1) is 0 Å². The van der Waals surface area contributed by atoms with Crippen molar-refractivity contribution < 1.29 is 14.0 Å². The zero-order valence-electron chi connectivity index (χ0n) is 19.8. The van der Waals surface area contributed by atoms with E-state index in [1.165, 1.54) is 12.1 Å². The van der Waals surface area contributed by atoms with Gasteiger partial charge in [-0.15, -0.1) is 0 Å². The van der Waals surface area contributed by atoms with E-state index >= 15 is 0 Å². The second-order valence-electron chi connectivity index (χ2n) is 9.11. The Labute approximate surface area is 204 Å². The van der Waals surface area contributed by atoms with Crippen molar-refractivity contribution in [3.05, 3.63) is 66.1 Å². The SMILES string of the molecule is O=C(NCCCN1CCCC1=O)c1ccc2ccnc(N3CCN(c4ccc(F)cc4)CC3)c2c1. The summed E-state index contributed by atoms with van der Waals surface area (Å²) in [5, 5.41) is 4.98. The fraction of sp³-hybridized carbons (Fsp3) is 0.370. The number of likely N-dealkylation sites (tertiary alicyclic amines) is 1. The average Bonchev–Trinajstić information content (AvgIpc) is 3.31. The van der Waals surface area contributed by atoms with Crippen molar-refractivity contribution in [2.75, 3.05) is 55.6 Å². The van der Waals surface area contributed by atoms with E-state index in [9.17, 15) is 14.0 Å². The second-order valence-corrected chi connectivity index (χ2v) is 9.11. The van der Waals surface area contributed by atoms with Crippen molar-refractivity contribution in [1.82, 2.24) is 15.2 Å². The third kappa shape index (κ3) is 5.21. The van der Waals surface area contributed by atoms with Gasteiger partial charge < -0.3 is 20.0 Å². The molecule has 3 heterocycles. The number of piperazine rings is 1. The van der Waals surface area contributed by atoms with Crippen LogP contribution in [0.4, 0.5) is 15.9 Å². The molecular weight excluding hydrogens is 445 g/mol. The molecule has 2 fully saturated rings. The molecule has 2 saturated heterocycles. The minimum absolute atomic E-state index is 0.115. The molecular formula is C27H30FN5O2. The van der Waals surface area contributed by atoms with Crippen LogP contribution in [0.15, 0.2) is 54.7 Å². The highest BCUT2D eigenvalue weighted by atomic mass is 19.1. The summed E-state index contributed by atoms with van der Waals surface area (Å²) < 4.78 is 13.3. The summed E-state index contributed by atoms with van der Waals surface area (Å²) >= 11 is 0. The normalized spacial score (nSPS) is 16.3. The summed E-state index contributed by atoms with van der Waals surface area (Å²) in [6.45, 7) is 5.24. The number of halogens is 1. The van der Waals surface area contributed by atoms with Gasteiger partial charge in [0.2, 0.25) is 5.91 Å². The topological polar surface area (TPSA) is 68.8 Å². The molecule has 8 heteroatoms. The number of carbonyl (C=O) groups excluding carboxylic acids is 2. The third-order valence-electron chi connectivity index (χ3n) is 6.84. The Hall–Kier alpha value is -3.68. The van der Waals surface area contributed by atoms with Crippen LogP contribution in [0.25, 0.3) is 10.8 Å². The Morgan fingerprint density at radius 1 is 0.971 bits per heavy atom. The van der Waals surface area contributed by atoms with Gasteiger partial charge in [0, 0.05) is 75.1 Å². The first kappa shape index (κ1) is 23.1. The van der Waals surface area contributed by atoms with E-state index in [-0.39, 0.29) is 17.6 Å². The van der Waals surface area contributed by atoms with Gasteiger partial charge in [-0.3, -0.25) is 9.59 Å². The molecule has 0 aliphatic carbocycles. The van der Waals surface area contributed by atoms with Gasteiger partial charge in [0.15, 0.2) is 0 Å². The number of nitrogens with zero attached hydrogens (tertiary/aromatic N) is 4. The second kappa shape index (κ2) is 10.3. The number of hydrogen-bond donors (Lipinski definition) is 1. The lowest BCUT2D eigenvalue weighted by atomic mass is 10.1. The number of rotatable bonds is 7. The molecule has 0 saturated carbocycles. The Bertz CT molecular complexity index is 1210. The fourth-order valence-electron chi connectivity index (χ4n) is 4.89. The van der Waals surface area contributed by atoms with Gasteiger partial charge in [0.1, 0.15) is 11.6 Å². The largest absolute Gasteiger partial charge is 0.368 e. The highest BCUT2D eigenvalue weighted by Crippen LogP contribution is 2.27. The van der Waals surface area contributed by atoms with Crippen LogP contribution >= 0.6 is 0 Å². The summed E-state index contributed by atoms with van der Waals surface area (Å²) in [6.07, 6.45) is 4.13. The molecule has 7 nitrogen and oxygen atoms in total. The first-order valence-electron chi connectivity index (χ1n) is 12.3. The fourth-order valence-corrected chi connectivity index (χ4v) is 4.89. The van der Waals surface area contributed by atoms with Crippen molar-refractivity contribution in [2.24, 2.45) is 0 Å². The zero-order chi connectivity index (χ0) is 24.2. The average molecular weight is 476 g/mol. The summed E-state index contributed by atoms with van der Waals surface area (Å²) in [5.41, 5.74) is 1.62. The van der Waals surface area contributed by atoms with Crippen LogP contribution in [0.3, 0.4) is 0 Å².